The smallest absolute Gasteiger partial charge is 0.306 e. The molecule has 0 saturated heterocycles. The number of phosphoric acid groups is 1. The lowest BCUT2D eigenvalue weighted by atomic mass is 10.00. The topological polar surface area (TPSA) is 81.0 Å². The molecule has 0 aliphatic heterocycles. The molecule has 5 nitrogen and oxygen atoms in total. The highest BCUT2D eigenvalue weighted by Crippen LogP contribution is 2.25. The van der Waals surface area contributed by atoms with E-state index in [1.807, 2.05) is 0 Å². The first-order valence-electron chi connectivity index (χ1n) is 9.67. The zero-order valence-corrected chi connectivity index (χ0v) is 17.3. The van der Waals surface area contributed by atoms with E-state index in [1.165, 1.54) is 83.5 Å². The van der Waals surface area contributed by atoms with Crippen LogP contribution in [0.3, 0.4) is 0 Å². The highest BCUT2D eigenvalue weighted by atomic mass is 31.2. The molecule has 0 rings (SSSR count). The summed E-state index contributed by atoms with van der Waals surface area (Å²) in [6.07, 6.45) is 18.5. The van der Waals surface area contributed by atoms with Gasteiger partial charge in [-0.05, 0) is 26.9 Å². The third-order valence-electron chi connectivity index (χ3n) is 4.26. The maximum Gasteiger partial charge on any atom is 0.466 e. The van der Waals surface area contributed by atoms with Crippen LogP contribution in [0.4, 0.5) is 0 Å². The van der Waals surface area contributed by atoms with Crippen LogP contribution >= 0.6 is 7.82 Å². The molecule has 3 N–H and O–H groups in total. The van der Waals surface area contributed by atoms with Crippen LogP contribution in [0.5, 0.6) is 0 Å². The summed E-state index contributed by atoms with van der Waals surface area (Å²) in [6.45, 7) is 4.59. The van der Waals surface area contributed by atoms with E-state index >= 15 is 0 Å². The highest BCUT2D eigenvalue weighted by molar-refractivity contribution is 7.45. The summed E-state index contributed by atoms with van der Waals surface area (Å²) in [4.78, 5) is 24.0. The summed E-state index contributed by atoms with van der Waals surface area (Å²) < 4.78 is 8.88. The van der Waals surface area contributed by atoms with Gasteiger partial charge in [-0.1, -0.05) is 84.5 Å². The number of nitrogens with zero attached hydrogens (tertiary/aromatic N) is 1. The average Bonchev–Trinajstić information content (AvgIpc) is 2.46. The molecule has 0 aliphatic rings. The van der Waals surface area contributed by atoms with Gasteiger partial charge < -0.3 is 19.6 Å². The molecular weight excluding hydrogens is 325 g/mol. The van der Waals surface area contributed by atoms with Crippen molar-refractivity contribution in [3.63, 3.8) is 0 Å². The maximum atomic E-state index is 8.88. The third-order valence-corrected chi connectivity index (χ3v) is 4.26. The van der Waals surface area contributed by atoms with Crippen molar-refractivity contribution >= 4 is 7.82 Å². The molecule has 0 amide bonds. The van der Waals surface area contributed by atoms with Gasteiger partial charge in [0, 0.05) is 6.04 Å². The van der Waals surface area contributed by atoms with Gasteiger partial charge >= 0.3 is 7.82 Å². The van der Waals surface area contributed by atoms with Crippen molar-refractivity contribution < 1.29 is 19.2 Å². The standard InChI is InChI=1S/C18H39N.H3O4P/c1-5-7-9-11-12-13-15-17-18(19(3)4)16-14-10-8-6-2;1-5(2,3)4/h18H,5-17H2,1-4H3;(H3,1,2,3,4). The molecule has 0 fully saturated rings. The van der Waals surface area contributed by atoms with Crippen LogP contribution in [0.25, 0.3) is 0 Å². The highest BCUT2D eigenvalue weighted by Gasteiger charge is 2.10. The van der Waals surface area contributed by atoms with E-state index in [-0.39, 0.29) is 0 Å². The predicted molar refractivity (Wildman–Crippen MR) is 103 cm³/mol. The first-order valence-corrected chi connectivity index (χ1v) is 11.2. The van der Waals surface area contributed by atoms with Crippen molar-refractivity contribution in [2.45, 2.75) is 103 Å². The van der Waals surface area contributed by atoms with Gasteiger partial charge in [-0.3, -0.25) is 0 Å². The van der Waals surface area contributed by atoms with Gasteiger partial charge in [0.05, 0.1) is 0 Å². The summed E-state index contributed by atoms with van der Waals surface area (Å²) in [5, 5.41) is 0. The van der Waals surface area contributed by atoms with Crippen molar-refractivity contribution in [3.8, 4) is 0 Å². The Kier molecular flexibility index (Phi) is 19.6. The number of hydrogen-bond donors (Lipinski definition) is 3. The molecule has 1 unspecified atom stereocenters. The number of rotatable bonds is 14. The summed E-state index contributed by atoms with van der Waals surface area (Å²) >= 11 is 0. The van der Waals surface area contributed by atoms with Crippen LogP contribution < -0.4 is 0 Å². The Morgan fingerprint density at radius 3 is 1.33 bits per heavy atom. The van der Waals surface area contributed by atoms with Gasteiger partial charge in [-0.15, -0.1) is 0 Å². The van der Waals surface area contributed by atoms with Crippen molar-refractivity contribution in [2.24, 2.45) is 0 Å². The summed E-state index contributed by atoms with van der Waals surface area (Å²) in [6, 6.07) is 0.826. The van der Waals surface area contributed by atoms with Crippen LogP contribution in [-0.4, -0.2) is 39.7 Å². The molecule has 0 spiro atoms. The molecule has 1 atom stereocenters. The fraction of sp³-hybridized carbons (Fsp3) is 1.00. The third kappa shape index (κ3) is 26.9. The Balaban J connectivity index is 0. The molecule has 0 aromatic carbocycles. The fourth-order valence-corrected chi connectivity index (χ4v) is 2.80. The minimum absolute atomic E-state index is 0.826. The maximum absolute atomic E-state index is 8.88. The molecule has 0 aromatic rings. The lowest BCUT2D eigenvalue weighted by Crippen LogP contribution is -2.27. The second-order valence-corrected chi connectivity index (χ2v) is 7.92. The lowest BCUT2D eigenvalue weighted by molar-refractivity contribution is 0.251. The van der Waals surface area contributed by atoms with E-state index in [0.29, 0.717) is 0 Å². The first-order chi connectivity index (χ1) is 11.2. The Labute approximate surface area is 150 Å². The normalized spacial score (nSPS) is 12.8. The summed E-state index contributed by atoms with van der Waals surface area (Å²) in [5.41, 5.74) is 0. The minimum atomic E-state index is -4.64. The van der Waals surface area contributed by atoms with Crippen LogP contribution in [0.1, 0.15) is 97.3 Å². The molecule has 148 valence electrons. The zero-order chi connectivity index (χ0) is 18.8. The van der Waals surface area contributed by atoms with Gasteiger partial charge in [-0.2, -0.15) is 0 Å². The molecular formula is C18H42NO4P. The van der Waals surface area contributed by atoms with Gasteiger partial charge in [-0.25, -0.2) is 4.57 Å². The monoisotopic (exact) mass is 367 g/mol. The van der Waals surface area contributed by atoms with Crippen molar-refractivity contribution in [1.29, 1.82) is 0 Å². The Morgan fingerprint density at radius 1 is 0.708 bits per heavy atom. The van der Waals surface area contributed by atoms with Gasteiger partial charge in [0.1, 0.15) is 0 Å². The minimum Gasteiger partial charge on any atom is -0.306 e. The molecule has 0 saturated carbocycles. The van der Waals surface area contributed by atoms with Crippen LogP contribution in [0.2, 0.25) is 0 Å². The van der Waals surface area contributed by atoms with Gasteiger partial charge in [0.2, 0.25) is 0 Å². The van der Waals surface area contributed by atoms with E-state index in [0.717, 1.165) is 6.04 Å². The Hall–Kier alpha value is 0.0700. The van der Waals surface area contributed by atoms with E-state index in [2.05, 4.69) is 32.8 Å². The Morgan fingerprint density at radius 2 is 1.00 bits per heavy atom. The molecule has 0 aromatic heterocycles. The van der Waals surface area contributed by atoms with Crippen molar-refractivity contribution in [1.82, 2.24) is 4.90 Å². The second kappa shape index (κ2) is 17.9. The van der Waals surface area contributed by atoms with E-state index in [1.54, 1.807) is 0 Å². The van der Waals surface area contributed by atoms with Crippen LogP contribution in [0.15, 0.2) is 0 Å². The van der Waals surface area contributed by atoms with Gasteiger partial charge in [0.15, 0.2) is 0 Å². The van der Waals surface area contributed by atoms with Gasteiger partial charge in [0.25, 0.3) is 0 Å². The summed E-state index contributed by atoms with van der Waals surface area (Å²) in [5.74, 6) is 0. The SMILES string of the molecule is CCCCCCCCCC(CCCCCC)N(C)C.O=P(O)(O)O. The fourth-order valence-electron chi connectivity index (χ4n) is 2.80. The molecule has 0 heterocycles. The van der Waals surface area contributed by atoms with Crippen LogP contribution in [-0.2, 0) is 4.57 Å². The molecule has 0 radical (unpaired) electrons. The van der Waals surface area contributed by atoms with E-state index < -0.39 is 7.82 Å². The lowest BCUT2D eigenvalue weighted by Gasteiger charge is -2.24. The quantitative estimate of drug-likeness (QED) is 0.294. The Bertz CT molecular complexity index is 286. The van der Waals surface area contributed by atoms with Crippen molar-refractivity contribution in [2.75, 3.05) is 14.1 Å². The first kappa shape index (κ1) is 26.3. The zero-order valence-electron chi connectivity index (χ0n) is 16.4. The molecule has 6 heteroatoms. The van der Waals surface area contributed by atoms with Crippen molar-refractivity contribution in [3.05, 3.63) is 0 Å². The summed E-state index contributed by atoms with van der Waals surface area (Å²) in [7, 11) is -0.128. The number of hydrogen-bond acceptors (Lipinski definition) is 2. The van der Waals surface area contributed by atoms with E-state index in [9.17, 15) is 0 Å². The number of unbranched alkanes of at least 4 members (excludes halogenated alkanes) is 9. The second-order valence-electron chi connectivity index (χ2n) is 6.89. The molecule has 0 bridgehead atoms. The largest absolute Gasteiger partial charge is 0.466 e. The average molecular weight is 368 g/mol. The molecule has 0 aliphatic carbocycles. The van der Waals surface area contributed by atoms with E-state index in [4.69, 9.17) is 19.2 Å². The molecule has 24 heavy (non-hydrogen) atoms. The predicted octanol–water partition coefficient (Wildman–Crippen LogP) is 5.10. The van der Waals surface area contributed by atoms with Crippen LogP contribution in [0, 0.1) is 0 Å².